The molecule has 21 heavy (non-hydrogen) atoms. The molecule has 5 heteroatoms. The molecule has 2 aliphatic heterocycles. The van der Waals surface area contributed by atoms with Crippen LogP contribution in [0.2, 0.25) is 0 Å². The van der Waals surface area contributed by atoms with Crippen LogP contribution in [0.1, 0.15) is 24.8 Å². The number of nitrogens with zero attached hydrogens (tertiary/aromatic N) is 3. The number of rotatable bonds is 4. The van der Waals surface area contributed by atoms with E-state index in [9.17, 15) is 0 Å². The fourth-order valence-corrected chi connectivity index (χ4v) is 3.51. The summed E-state index contributed by atoms with van der Waals surface area (Å²) in [5, 5.41) is 0. The molecule has 0 aromatic carbocycles. The fourth-order valence-electron chi connectivity index (χ4n) is 3.51. The number of hydrogen-bond acceptors (Lipinski definition) is 5. The number of ether oxygens (including phenoxy) is 1. The monoisotopic (exact) mass is 290 g/mol. The zero-order valence-corrected chi connectivity index (χ0v) is 12.9. The van der Waals surface area contributed by atoms with Gasteiger partial charge in [-0.05, 0) is 38.4 Å². The van der Waals surface area contributed by atoms with Gasteiger partial charge in [-0.1, -0.05) is 6.07 Å². The van der Waals surface area contributed by atoms with Crippen molar-refractivity contribution in [1.29, 1.82) is 0 Å². The van der Waals surface area contributed by atoms with E-state index in [4.69, 9.17) is 10.5 Å². The van der Waals surface area contributed by atoms with Gasteiger partial charge in [0.15, 0.2) is 0 Å². The van der Waals surface area contributed by atoms with E-state index in [0.29, 0.717) is 12.1 Å². The highest BCUT2D eigenvalue weighted by atomic mass is 16.5. The van der Waals surface area contributed by atoms with Gasteiger partial charge in [-0.25, -0.2) is 4.98 Å². The Labute approximate surface area is 127 Å². The number of likely N-dealkylation sites (tertiary alicyclic amines) is 2. The summed E-state index contributed by atoms with van der Waals surface area (Å²) in [5.41, 5.74) is 7.18. The van der Waals surface area contributed by atoms with Gasteiger partial charge in [-0.2, -0.15) is 0 Å². The first kappa shape index (κ1) is 14.8. The first-order valence-corrected chi connectivity index (χ1v) is 7.96. The molecule has 1 aromatic rings. The Kier molecular flexibility index (Phi) is 4.73. The minimum Gasteiger partial charge on any atom is -0.481 e. The molecule has 0 spiro atoms. The summed E-state index contributed by atoms with van der Waals surface area (Å²) in [5.74, 6) is 0.755. The molecule has 0 radical (unpaired) electrons. The second-order valence-electron chi connectivity index (χ2n) is 6.22. The van der Waals surface area contributed by atoms with Crippen molar-refractivity contribution in [3.05, 3.63) is 23.9 Å². The largest absolute Gasteiger partial charge is 0.481 e. The number of aromatic nitrogens is 1. The molecule has 1 atom stereocenters. The first-order chi connectivity index (χ1) is 10.3. The topological polar surface area (TPSA) is 54.6 Å². The van der Waals surface area contributed by atoms with E-state index < -0.39 is 0 Å². The Morgan fingerprint density at radius 3 is 2.86 bits per heavy atom. The predicted molar refractivity (Wildman–Crippen MR) is 83.3 cm³/mol. The molecule has 3 rings (SSSR count). The van der Waals surface area contributed by atoms with Crippen LogP contribution in [0.3, 0.4) is 0 Å². The van der Waals surface area contributed by atoms with E-state index in [1.807, 2.05) is 6.07 Å². The van der Waals surface area contributed by atoms with Crippen molar-refractivity contribution in [2.24, 2.45) is 5.73 Å². The van der Waals surface area contributed by atoms with Crippen molar-refractivity contribution in [2.45, 2.75) is 37.9 Å². The molecule has 2 saturated heterocycles. The van der Waals surface area contributed by atoms with Crippen LogP contribution in [0, 0.1) is 0 Å². The van der Waals surface area contributed by atoms with E-state index in [1.165, 1.54) is 12.0 Å². The molecular formula is C16H26N4O. The van der Waals surface area contributed by atoms with Crippen molar-refractivity contribution >= 4 is 0 Å². The molecule has 1 unspecified atom stereocenters. The van der Waals surface area contributed by atoms with Gasteiger partial charge >= 0.3 is 0 Å². The normalized spacial score (nSPS) is 25.3. The Bertz CT molecular complexity index is 459. The first-order valence-electron chi connectivity index (χ1n) is 7.96. The van der Waals surface area contributed by atoms with Gasteiger partial charge in [-0.15, -0.1) is 0 Å². The van der Waals surface area contributed by atoms with E-state index in [2.05, 4.69) is 20.9 Å². The number of methoxy groups -OCH3 is 1. The maximum Gasteiger partial charge on any atom is 0.217 e. The third kappa shape index (κ3) is 3.54. The smallest absolute Gasteiger partial charge is 0.217 e. The second-order valence-corrected chi connectivity index (χ2v) is 6.22. The van der Waals surface area contributed by atoms with Gasteiger partial charge in [0.25, 0.3) is 0 Å². The quantitative estimate of drug-likeness (QED) is 0.899. The predicted octanol–water partition coefficient (Wildman–Crippen LogP) is 1.09. The van der Waals surface area contributed by atoms with Crippen molar-refractivity contribution in [3.63, 3.8) is 0 Å². The lowest BCUT2D eigenvalue weighted by Gasteiger charge is -2.34. The molecule has 2 fully saturated rings. The minimum absolute atomic E-state index is 0.415. The Balaban J connectivity index is 1.55. The SMILES string of the molecule is COc1ncccc1CN1CCC(N2CCC(N)CC2)C1. The number of hydrogen-bond donors (Lipinski definition) is 1. The number of nitrogens with two attached hydrogens (primary N) is 1. The highest BCUT2D eigenvalue weighted by Crippen LogP contribution is 2.23. The van der Waals surface area contributed by atoms with Crippen LogP contribution in [-0.2, 0) is 6.54 Å². The highest BCUT2D eigenvalue weighted by Gasteiger charge is 2.30. The average molecular weight is 290 g/mol. The molecular weight excluding hydrogens is 264 g/mol. The summed E-state index contributed by atoms with van der Waals surface area (Å²) in [7, 11) is 1.69. The maximum atomic E-state index is 6.00. The van der Waals surface area contributed by atoms with Crippen LogP contribution in [0.5, 0.6) is 5.88 Å². The number of pyridine rings is 1. The van der Waals surface area contributed by atoms with E-state index in [0.717, 1.165) is 51.4 Å². The molecule has 1 aromatic heterocycles. The van der Waals surface area contributed by atoms with Crippen LogP contribution < -0.4 is 10.5 Å². The van der Waals surface area contributed by atoms with Crippen LogP contribution in [0.4, 0.5) is 0 Å². The molecule has 0 aliphatic carbocycles. The summed E-state index contributed by atoms with van der Waals surface area (Å²) in [6, 6.07) is 5.20. The van der Waals surface area contributed by atoms with Crippen molar-refractivity contribution in [1.82, 2.24) is 14.8 Å². The van der Waals surface area contributed by atoms with E-state index in [-0.39, 0.29) is 0 Å². The molecule has 0 amide bonds. The minimum atomic E-state index is 0.415. The highest BCUT2D eigenvalue weighted by molar-refractivity contribution is 5.25. The van der Waals surface area contributed by atoms with Gasteiger partial charge in [0.2, 0.25) is 5.88 Å². The van der Waals surface area contributed by atoms with Gasteiger partial charge in [-0.3, -0.25) is 9.80 Å². The molecule has 2 N–H and O–H groups in total. The Morgan fingerprint density at radius 2 is 2.10 bits per heavy atom. The molecule has 0 bridgehead atoms. The van der Waals surface area contributed by atoms with Crippen LogP contribution >= 0.6 is 0 Å². The summed E-state index contributed by atoms with van der Waals surface area (Å²) in [4.78, 5) is 9.42. The zero-order chi connectivity index (χ0) is 14.7. The van der Waals surface area contributed by atoms with Gasteiger partial charge in [0.1, 0.15) is 0 Å². The van der Waals surface area contributed by atoms with Crippen molar-refractivity contribution in [3.8, 4) is 5.88 Å². The second kappa shape index (κ2) is 6.73. The lowest BCUT2D eigenvalue weighted by molar-refractivity contribution is 0.151. The van der Waals surface area contributed by atoms with Crippen LogP contribution in [0.25, 0.3) is 0 Å². The van der Waals surface area contributed by atoms with E-state index >= 15 is 0 Å². The maximum absolute atomic E-state index is 6.00. The molecule has 116 valence electrons. The zero-order valence-electron chi connectivity index (χ0n) is 12.9. The van der Waals surface area contributed by atoms with Gasteiger partial charge in [0.05, 0.1) is 7.11 Å². The molecule has 3 heterocycles. The Morgan fingerprint density at radius 1 is 1.29 bits per heavy atom. The summed E-state index contributed by atoms with van der Waals surface area (Å²) in [6.45, 7) is 5.56. The molecule has 5 nitrogen and oxygen atoms in total. The van der Waals surface area contributed by atoms with Gasteiger partial charge < -0.3 is 10.5 Å². The molecule has 2 aliphatic rings. The average Bonchev–Trinajstić information content (AvgIpc) is 2.97. The van der Waals surface area contributed by atoms with E-state index in [1.54, 1.807) is 13.3 Å². The third-order valence-corrected chi connectivity index (χ3v) is 4.78. The molecule has 0 saturated carbocycles. The Hall–Kier alpha value is -1.17. The fraction of sp³-hybridized carbons (Fsp3) is 0.688. The van der Waals surface area contributed by atoms with Crippen molar-refractivity contribution < 1.29 is 4.74 Å². The lowest BCUT2D eigenvalue weighted by atomic mass is 10.0. The third-order valence-electron chi connectivity index (χ3n) is 4.78. The lowest BCUT2D eigenvalue weighted by Crippen LogP contribution is -2.46. The standard InChI is InChI=1S/C16H26N4O/c1-21-16-13(3-2-7-18-16)11-19-8-6-15(12-19)20-9-4-14(17)5-10-20/h2-3,7,14-15H,4-6,8-12,17H2,1H3. The number of piperidine rings is 1. The summed E-state index contributed by atoms with van der Waals surface area (Å²) in [6.07, 6.45) is 5.34. The van der Waals surface area contributed by atoms with Crippen LogP contribution in [0.15, 0.2) is 18.3 Å². The summed E-state index contributed by atoms with van der Waals surface area (Å²) < 4.78 is 5.35. The van der Waals surface area contributed by atoms with Crippen LogP contribution in [-0.4, -0.2) is 60.2 Å². The summed E-state index contributed by atoms with van der Waals surface area (Å²) >= 11 is 0. The van der Waals surface area contributed by atoms with Crippen molar-refractivity contribution in [2.75, 3.05) is 33.3 Å². The van der Waals surface area contributed by atoms with Gasteiger partial charge in [0, 0.05) is 43.5 Å².